The van der Waals surface area contributed by atoms with Crippen LogP contribution in [0.1, 0.15) is 26.2 Å². The van der Waals surface area contributed by atoms with Crippen LogP contribution in [-0.4, -0.2) is 25.9 Å². The number of nitrogens with zero attached hydrogens (tertiary/aromatic N) is 1. The molecule has 5 nitrogen and oxygen atoms in total. The first-order chi connectivity index (χ1) is 10.5. The minimum Gasteiger partial charge on any atom is -0.755 e. The third kappa shape index (κ3) is 3.64. The van der Waals surface area contributed by atoms with E-state index >= 15 is 0 Å². The smallest absolute Gasteiger partial charge is 0.305 e. The molecule has 0 fully saturated rings. The van der Waals surface area contributed by atoms with Gasteiger partial charge in [-0.2, -0.15) is 0 Å². The van der Waals surface area contributed by atoms with Gasteiger partial charge in [-0.15, -0.1) is 0 Å². The summed E-state index contributed by atoms with van der Waals surface area (Å²) < 4.78 is 24.7. The molecule has 0 saturated heterocycles. The Kier molecular flexibility index (Phi) is 5.51. The third-order valence-electron chi connectivity index (χ3n) is 3.53. The van der Waals surface area contributed by atoms with Crippen LogP contribution < -0.4 is 4.31 Å². The molecule has 0 radical (unpaired) electrons. The van der Waals surface area contributed by atoms with Gasteiger partial charge in [0.2, 0.25) is 0 Å². The Hall–Kier alpha value is -1.92. The molecule has 0 spiro atoms. The van der Waals surface area contributed by atoms with E-state index in [2.05, 4.69) is 0 Å². The number of carbonyl (C=O) groups is 1. The van der Waals surface area contributed by atoms with Crippen molar-refractivity contribution in [1.82, 2.24) is 0 Å². The molecule has 2 aromatic rings. The van der Waals surface area contributed by atoms with Crippen LogP contribution in [-0.2, 0) is 16.1 Å². The van der Waals surface area contributed by atoms with Crippen molar-refractivity contribution in [3.63, 3.8) is 0 Å². The molecule has 0 saturated carbocycles. The van der Waals surface area contributed by atoms with Gasteiger partial charge in [-0.25, -0.2) is 0 Å². The monoisotopic (exact) mass is 320 g/mol. The number of carboxylic acids is 1. The summed E-state index contributed by atoms with van der Waals surface area (Å²) in [5.74, 6) is -1.01. The topological polar surface area (TPSA) is 80.7 Å². The molecule has 0 aliphatic rings. The predicted octanol–water partition coefficient (Wildman–Crippen LogP) is 3.08. The Morgan fingerprint density at radius 3 is 2.59 bits per heavy atom. The molecule has 0 aliphatic carbocycles. The lowest BCUT2D eigenvalue weighted by atomic mass is 10.1. The lowest BCUT2D eigenvalue weighted by Crippen LogP contribution is -2.38. The van der Waals surface area contributed by atoms with E-state index in [1.54, 1.807) is 12.1 Å². The van der Waals surface area contributed by atoms with Gasteiger partial charge in [-0.05, 0) is 17.9 Å². The second-order valence-corrected chi connectivity index (χ2v) is 5.91. The average Bonchev–Trinajstić information content (AvgIpc) is 2.47. The fraction of sp³-hybridized carbons (Fsp3) is 0.312. The Labute approximate surface area is 132 Å². The molecule has 2 unspecified atom stereocenters. The lowest BCUT2D eigenvalue weighted by molar-refractivity contribution is -0.137. The largest absolute Gasteiger partial charge is 0.755 e. The van der Waals surface area contributed by atoms with Crippen molar-refractivity contribution in [2.24, 2.45) is 0 Å². The standard InChI is InChI=1S/C16H19NO4S/c1-2-6-13(11-16(18)19)17(22(20)21)15-10-5-8-12-7-3-4-9-14(12)15/h3-5,7-10,13H,2,6,11H2,1H3,(H,18,19)(H,20,21)/p-1. The first-order valence-corrected chi connectivity index (χ1v) is 8.16. The zero-order valence-electron chi connectivity index (χ0n) is 12.3. The third-order valence-corrected chi connectivity index (χ3v) is 4.34. The number of carboxylic acid groups (broad SMARTS) is 1. The van der Waals surface area contributed by atoms with E-state index in [9.17, 15) is 13.6 Å². The molecule has 2 rings (SSSR count). The van der Waals surface area contributed by atoms with Crippen molar-refractivity contribution in [2.45, 2.75) is 32.2 Å². The van der Waals surface area contributed by atoms with Crippen LogP contribution in [0.5, 0.6) is 0 Å². The summed E-state index contributed by atoms with van der Waals surface area (Å²) >= 11 is -2.54. The summed E-state index contributed by atoms with van der Waals surface area (Å²) in [5.41, 5.74) is 0.520. The minimum atomic E-state index is -2.54. The van der Waals surface area contributed by atoms with E-state index in [4.69, 9.17) is 5.11 Å². The molecule has 118 valence electrons. The maximum Gasteiger partial charge on any atom is 0.305 e. The number of hydrogen-bond donors (Lipinski definition) is 1. The first kappa shape index (κ1) is 16.5. The highest BCUT2D eigenvalue weighted by Gasteiger charge is 2.23. The SMILES string of the molecule is CCCC(CC(=O)O)N(c1cccc2ccccc12)S(=O)[O-]. The molecular weight excluding hydrogens is 302 g/mol. The second kappa shape index (κ2) is 7.38. The lowest BCUT2D eigenvalue weighted by Gasteiger charge is -2.34. The van der Waals surface area contributed by atoms with Crippen LogP contribution in [0.2, 0.25) is 0 Å². The summed E-state index contributed by atoms with van der Waals surface area (Å²) in [7, 11) is 0. The van der Waals surface area contributed by atoms with Crippen LogP contribution in [0.4, 0.5) is 5.69 Å². The summed E-state index contributed by atoms with van der Waals surface area (Å²) in [6.07, 6.45) is 0.977. The van der Waals surface area contributed by atoms with E-state index in [-0.39, 0.29) is 6.42 Å². The molecule has 22 heavy (non-hydrogen) atoms. The second-order valence-electron chi connectivity index (χ2n) is 5.08. The highest BCUT2D eigenvalue weighted by Crippen LogP contribution is 2.30. The van der Waals surface area contributed by atoms with Gasteiger partial charge in [-0.3, -0.25) is 13.3 Å². The Morgan fingerprint density at radius 1 is 1.27 bits per heavy atom. The summed E-state index contributed by atoms with van der Waals surface area (Å²) in [6.45, 7) is 1.91. The summed E-state index contributed by atoms with van der Waals surface area (Å²) in [5, 5.41) is 10.8. The van der Waals surface area contributed by atoms with E-state index in [0.717, 1.165) is 10.8 Å². The van der Waals surface area contributed by atoms with Gasteiger partial charge in [0.1, 0.15) is 0 Å². The Balaban J connectivity index is 2.53. The van der Waals surface area contributed by atoms with Crippen LogP contribution in [0, 0.1) is 0 Å². The van der Waals surface area contributed by atoms with E-state index in [0.29, 0.717) is 18.5 Å². The van der Waals surface area contributed by atoms with Crippen molar-refractivity contribution in [3.8, 4) is 0 Å². The van der Waals surface area contributed by atoms with Crippen molar-refractivity contribution >= 4 is 33.7 Å². The average molecular weight is 320 g/mol. The van der Waals surface area contributed by atoms with Crippen molar-refractivity contribution < 1.29 is 18.7 Å². The molecule has 0 aromatic heterocycles. The van der Waals surface area contributed by atoms with Crippen LogP contribution in [0.3, 0.4) is 0 Å². The van der Waals surface area contributed by atoms with Gasteiger partial charge >= 0.3 is 5.97 Å². The van der Waals surface area contributed by atoms with Crippen LogP contribution in [0.15, 0.2) is 42.5 Å². The van der Waals surface area contributed by atoms with E-state index < -0.39 is 23.3 Å². The number of benzene rings is 2. The summed E-state index contributed by atoms with van der Waals surface area (Å²) in [4.78, 5) is 11.1. The van der Waals surface area contributed by atoms with Gasteiger partial charge in [0.05, 0.1) is 18.2 Å². The molecule has 6 heteroatoms. The molecule has 1 N–H and O–H groups in total. The number of fused-ring (bicyclic) bond motifs is 1. The van der Waals surface area contributed by atoms with E-state index in [1.165, 1.54) is 4.31 Å². The van der Waals surface area contributed by atoms with Gasteiger partial charge in [-0.1, -0.05) is 49.7 Å². The predicted molar refractivity (Wildman–Crippen MR) is 86.3 cm³/mol. The number of hydrogen-bond acceptors (Lipinski definition) is 3. The normalized spacial score (nSPS) is 13.7. The molecule has 2 atom stereocenters. The number of anilines is 1. The van der Waals surface area contributed by atoms with Gasteiger partial charge in [0.15, 0.2) is 0 Å². The molecule has 0 aliphatic heterocycles. The van der Waals surface area contributed by atoms with Crippen molar-refractivity contribution in [3.05, 3.63) is 42.5 Å². The van der Waals surface area contributed by atoms with E-state index in [1.807, 2.05) is 37.3 Å². The molecule has 0 heterocycles. The van der Waals surface area contributed by atoms with Crippen molar-refractivity contribution in [2.75, 3.05) is 4.31 Å². The molecule has 0 bridgehead atoms. The highest BCUT2D eigenvalue weighted by molar-refractivity contribution is 7.80. The Morgan fingerprint density at radius 2 is 1.95 bits per heavy atom. The van der Waals surface area contributed by atoms with Crippen LogP contribution in [0.25, 0.3) is 10.8 Å². The van der Waals surface area contributed by atoms with Crippen molar-refractivity contribution in [1.29, 1.82) is 0 Å². The molecular formula is C16H18NO4S-. The fourth-order valence-electron chi connectivity index (χ4n) is 2.64. The maximum atomic E-state index is 11.8. The fourth-order valence-corrected chi connectivity index (χ4v) is 3.38. The van der Waals surface area contributed by atoms with Crippen LogP contribution >= 0.6 is 0 Å². The first-order valence-electron chi connectivity index (χ1n) is 7.12. The summed E-state index contributed by atoms with van der Waals surface area (Å²) in [6, 6.07) is 12.3. The number of rotatable bonds is 7. The quantitative estimate of drug-likeness (QED) is 0.795. The number of aliphatic carboxylic acids is 1. The zero-order chi connectivity index (χ0) is 16.1. The molecule has 2 aromatic carbocycles. The van der Waals surface area contributed by atoms with Gasteiger partial charge in [0, 0.05) is 16.7 Å². The zero-order valence-corrected chi connectivity index (χ0v) is 13.1. The maximum absolute atomic E-state index is 11.8. The van der Waals surface area contributed by atoms with Gasteiger partial charge in [0.25, 0.3) is 0 Å². The minimum absolute atomic E-state index is 0.217. The highest BCUT2D eigenvalue weighted by atomic mass is 32.2. The van der Waals surface area contributed by atoms with Gasteiger partial charge < -0.3 is 9.66 Å². The Bertz CT molecular complexity index is 683. The molecule has 0 amide bonds.